The molecule has 0 spiro atoms. The Labute approximate surface area is 114 Å². The molecule has 0 heterocycles. The highest BCUT2D eigenvalue weighted by Gasteiger charge is 2.02. The first kappa shape index (κ1) is 13.2. The maximum absolute atomic E-state index is 5.89. The van der Waals surface area contributed by atoms with Crippen molar-refractivity contribution in [3.8, 4) is 5.75 Å². The smallest absolute Gasteiger partial charge is 0.123 e. The highest BCUT2D eigenvalue weighted by atomic mass is 16.5. The van der Waals surface area contributed by atoms with Crippen LogP contribution < -0.4 is 4.74 Å². The van der Waals surface area contributed by atoms with Crippen LogP contribution in [0.1, 0.15) is 16.7 Å². The molecule has 19 heavy (non-hydrogen) atoms. The summed E-state index contributed by atoms with van der Waals surface area (Å²) < 4.78 is 5.89. The molecule has 96 valence electrons. The fourth-order valence-electron chi connectivity index (χ4n) is 1.94. The van der Waals surface area contributed by atoms with Crippen molar-refractivity contribution in [3.63, 3.8) is 0 Å². The zero-order valence-electron chi connectivity index (χ0n) is 11.0. The van der Waals surface area contributed by atoms with Crippen molar-refractivity contribution >= 4 is 6.08 Å². The predicted molar refractivity (Wildman–Crippen MR) is 81.2 cm³/mol. The van der Waals surface area contributed by atoms with Crippen molar-refractivity contribution in [1.82, 2.24) is 0 Å². The number of benzene rings is 2. The molecule has 0 fully saturated rings. The first-order valence-electron chi connectivity index (χ1n) is 6.36. The van der Waals surface area contributed by atoms with Gasteiger partial charge in [0.1, 0.15) is 12.4 Å². The van der Waals surface area contributed by atoms with Gasteiger partial charge in [-0.25, -0.2) is 0 Å². The van der Waals surface area contributed by atoms with Crippen LogP contribution in [-0.2, 0) is 13.0 Å². The maximum atomic E-state index is 5.89. The van der Waals surface area contributed by atoms with Crippen LogP contribution in [0.3, 0.4) is 0 Å². The van der Waals surface area contributed by atoms with E-state index in [9.17, 15) is 0 Å². The van der Waals surface area contributed by atoms with E-state index < -0.39 is 0 Å². The molecule has 0 aliphatic carbocycles. The van der Waals surface area contributed by atoms with Gasteiger partial charge in [-0.2, -0.15) is 0 Å². The molecule has 0 aromatic heterocycles. The van der Waals surface area contributed by atoms with Crippen LogP contribution in [0.25, 0.3) is 6.08 Å². The van der Waals surface area contributed by atoms with Crippen LogP contribution in [0.2, 0.25) is 0 Å². The number of hydrogen-bond acceptors (Lipinski definition) is 1. The molecular formula is C18H18O. The highest BCUT2D eigenvalue weighted by Crippen LogP contribution is 2.20. The molecule has 0 atom stereocenters. The molecule has 2 aromatic rings. The van der Waals surface area contributed by atoms with Crippen molar-refractivity contribution in [2.45, 2.75) is 13.0 Å². The van der Waals surface area contributed by atoms with Gasteiger partial charge in [0.15, 0.2) is 0 Å². The lowest BCUT2D eigenvalue weighted by atomic mass is 10.1. The van der Waals surface area contributed by atoms with E-state index in [2.05, 4.69) is 31.4 Å². The highest BCUT2D eigenvalue weighted by molar-refractivity contribution is 5.47. The second kappa shape index (κ2) is 6.60. The third-order valence-corrected chi connectivity index (χ3v) is 2.92. The number of hydrogen-bond donors (Lipinski definition) is 0. The van der Waals surface area contributed by atoms with Gasteiger partial charge in [-0.15, -0.1) is 6.58 Å². The molecule has 0 radical (unpaired) electrons. The van der Waals surface area contributed by atoms with Crippen molar-refractivity contribution in [2.75, 3.05) is 0 Å². The third-order valence-electron chi connectivity index (χ3n) is 2.92. The quantitative estimate of drug-likeness (QED) is 0.679. The fourth-order valence-corrected chi connectivity index (χ4v) is 1.94. The Morgan fingerprint density at radius 1 is 1.00 bits per heavy atom. The van der Waals surface area contributed by atoms with E-state index in [0.29, 0.717) is 6.61 Å². The fraction of sp³-hybridized carbons (Fsp3) is 0.111. The molecule has 0 saturated carbocycles. The molecule has 0 bridgehead atoms. The van der Waals surface area contributed by atoms with E-state index in [1.54, 1.807) is 0 Å². The van der Waals surface area contributed by atoms with E-state index in [4.69, 9.17) is 4.74 Å². The minimum Gasteiger partial charge on any atom is -0.489 e. The number of allylic oxidation sites excluding steroid dienone is 1. The van der Waals surface area contributed by atoms with Gasteiger partial charge in [0, 0.05) is 0 Å². The molecule has 1 nitrogen and oxygen atoms in total. The van der Waals surface area contributed by atoms with Gasteiger partial charge in [-0.05, 0) is 35.2 Å². The number of ether oxygens (including phenoxy) is 1. The van der Waals surface area contributed by atoms with Crippen LogP contribution in [0.4, 0.5) is 0 Å². The lowest BCUT2D eigenvalue weighted by Crippen LogP contribution is -1.98. The van der Waals surface area contributed by atoms with E-state index in [0.717, 1.165) is 28.9 Å². The number of para-hydroxylation sites is 1. The average Bonchev–Trinajstić information content (AvgIpc) is 2.47. The Bertz CT molecular complexity index is 569. The second-order valence-corrected chi connectivity index (χ2v) is 4.34. The van der Waals surface area contributed by atoms with E-state index >= 15 is 0 Å². The first-order chi connectivity index (χ1) is 9.33. The summed E-state index contributed by atoms with van der Waals surface area (Å²) in [5.74, 6) is 0.923. The zero-order chi connectivity index (χ0) is 13.5. The monoisotopic (exact) mass is 250 g/mol. The normalized spacial score (nSPS) is 9.89. The van der Waals surface area contributed by atoms with Crippen molar-refractivity contribution < 1.29 is 4.74 Å². The maximum Gasteiger partial charge on any atom is 0.123 e. The van der Waals surface area contributed by atoms with Crippen LogP contribution in [0.15, 0.2) is 67.8 Å². The molecule has 0 aliphatic rings. The summed E-state index contributed by atoms with van der Waals surface area (Å²) in [7, 11) is 0. The molecule has 0 aliphatic heterocycles. The van der Waals surface area contributed by atoms with Gasteiger partial charge >= 0.3 is 0 Å². The molecule has 0 N–H and O–H groups in total. The predicted octanol–water partition coefficient (Wildman–Crippen LogP) is 4.64. The van der Waals surface area contributed by atoms with Gasteiger partial charge in [0.25, 0.3) is 0 Å². The van der Waals surface area contributed by atoms with Gasteiger partial charge in [0.05, 0.1) is 0 Å². The minimum absolute atomic E-state index is 0.565. The summed E-state index contributed by atoms with van der Waals surface area (Å²) in [5.41, 5.74) is 3.42. The summed E-state index contributed by atoms with van der Waals surface area (Å²) >= 11 is 0. The SMILES string of the molecule is C=CCc1ccccc1OCc1cccc(C=C)c1. The van der Waals surface area contributed by atoms with Crippen molar-refractivity contribution in [2.24, 2.45) is 0 Å². The zero-order valence-corrected chi connectivity index (χ0v) is 11.0. The molecule has 2 aromatic carbocycles. The molecule has 2 rings (SSSR count). The van der Waals surface area contributed by atoms with Crippen LogP contribution in [0.5, 0.6) is 5.75 Å². The molecule has 1 heteroatoms. The number of rotatable bonds is 6. The summed E-state index contributed by atoms with van der Waals surface area (Å²) in [6.07, 6.45) is 4.55. The van der Waals surface area contributed by atoms with Gasteiger partial charge in [-0.3, -0.25) is 0 Å². The standard InChI is InChI=1S/C18H18O/c1-3-8-17-11-5-6-12-18(17)19-14-16-10-7-9-15(4-2)13-16/h3-7,9-13H,1-2,8,14H2. The summed E-state index contributed by atoms with van der Waals surface area (Å²) in [4.78, 5) is 0. The minimum atomic E-state index is 0.565. The lowest BCUT2D eigenvalue weighted by Gasteiger charge is -2.10. The van der Waals surface area contributed by atoms with E-state index in [1.165, 1.54) is 0 Å². The average molecular weight is 250 g/mol. The van der Waals surface area contributed by atoms with E-state index in [1.807, 2.05) is 42.5 Å². The first-order valence-corrected chi connectivity index (χ1v) is 6.36. The van der Waals surface area contributed by atoms with Gasteiger partial charge < -0.3 is 4.74 Å². The summed E-state index contributed by atoms with van der Waals surface area (Å²) in [6.45, 7) is 8.11. The topological polar surface area (TPSA) is 9.23 Å². The third kappa shape index (κ3) is 3.59. The van der Waals surface area contributed by atoms with Crippen molar-refractivity contribution in [1.29, 1.82) is 0 Å². The Morgan fingerprint density at radius 2 is 1.84 bits per heavy atom. The van der Waals surface area contributed by atoms with Crippen LogP contribution in [-0.4, -0.2) is 0 Å². The van der Waals surface area contributed by atoms with Crippen LogP contribution in [0, 0.1) is 0 Å². The largest absolute Gasteiger partial charge is 0.489 e. The summed E-state index contributed by atoms with van der Waals surface area (Å²) in [5, 5.41) is 0. The Balaban J connectivity index is 2.09. The Morgan fingerprint density at radius 3 is 2.63 bits per heavy atom. The van der Waals surface area contributed by atoms with Crippen molar-refractivity contribution in [3.05, 3.63) is 84.5 Å². The second-order valence-electron chi connectivity index (χ2n) is 4.34. The van der Waals surface area contributed by atoms with E-state index in [-0.39, 0.29) is 0 Å². The Kier molecular flexibility index (Phi) is 4.57. The Hall–Kier alpha value is -2.28. The van der Waals surface area contributed by atoms with Crippen LogP contribution >= 0.6 is 0 Å². The summed E-state index contributed by atoms with van der Waals surface area (Å²) in [6, 6.07) is 16.3. The molecular weight excluding hydrogens is 232 g/mol. The van der Waals surface area contributed by atoms with Gasteiger partial charge in [0.2, 0.25) is 0 Å². The molecule has 0 saturated heterocycles. The molecule has 0 amide bonds. The molecule has 0 unspecified atom stereocenters. The lowest BCUT2D eigenvalue weighted by molar-refractivity contribution is 0.303. The van der Waals surface area contributed by atoms with Gasteiger partial charge in [-0.1, -0.05) is 55.1 Å².